The average Bonchev–Trinajstić information content (AvgIpc) is 3.64. The predicted molar refractivity (Wildman–Crippen MR) is 169 cm³/mol. The molecular formula is C30H29ClN8O3S. The fraction of sp³-hybridized carbons (Fsp3) is 0.200. The minimum atomic E-state index is -0.107. The summed E-state index contributed by atoms with van der Waals surface area (Å²) in [5.74, 6) is 1.70. The van der Waals surface area contributed by atoms with Crippen molar-refractivity contribution in [3.8, 4) is 17.0 Å². The minimum Gasteiger partial charge on any atom is -0.493 e. The summed E-state index contributed by atoms with van der Waals surface area (Å²) >= 11 is 7.09. The number of benzene rings is 1. The lowest BCUT2D eigenvalue weighted by Gasteiger charge is -2.26. The van der Waals surface area contributed by atoms with Gasteiger partial charge in [0.2, 0.25) is 5.91 Å². The number of carbonyl (C=O) groups is 2. The number of nitrogens with one attached hydrogen (secondary N) is 2. The topological polar surface area (TPSA) is 127 Å². The van der Waals surface area contributed by atoms with E-state index in [0.717, 1.165) is 39.5 Å². The second-order valence-corrected chi connectivity index (χ2v) is 10.9. The van der Waals surface area contributed by atoms with Crippen LogP contribution >= 0.6 is 22.9 Å². The molecule has 0 spiro atoms. The molecule has 0 aliphatic carbocycles. The van der Waals surface area contributed by atoms with E-state index in [0.29, 0.717) is 46.9 Å². The number of halogens is 1. The number of fused-ring (bicyclic) bond motifs is 3. The highest BCUT2D eigenvalue weighted by Gasteiger charge is 2.23. The molecule has 0 atom stereocenters. The van der Waals surface area contributed by atoms with E-state index >= 15 is 0 Å². The number of rotatable bonds is 7. The molecule has 1 amide bonds. The number of pyridine rings is 2. The van der Waals surface area contributed by atoms with Gasteiger partial charge in [-0.1, -0.05) is 41.6 Å². The van der Waals surface area contributed by atoms with E-state index in [4.69, 9.17) is 21.3 Å². The van der Waals surface area contributed by atoms with E-state index in [1.807, 2.05) is 48.9 Å². The molecule has 5 heterocycles. The molecule has 1 aliphatic heterocycles. The number of aryl methyl sites for hydroxylation is 1. The van der Waals surface area contributed by atoms with Gasteiger partial charge in [0.15, 0.2) is 28.6 Å². The zero-order valence-electron chi connectivity index (χ0n) is 23.8. The van der Waals surface area contributed by atoms with Crippen molar-refractivity contribution < 1.29 is 14.3 Å². The van der Waals surface area contributed by atoms with Crippen molar-refractivity contribution >= 4 is 62.9 Å². The maximum atomic E-state index is 12.0. The molecule has 1 aliphatic rings. The average molecular weight is 617 g/mol. The number of ether oxygens (including phenoxy) is 1. The monoisotopic (exact) mass is 616 g/mol. The number of thiazole rings is 1. The standard InChI is InChI=1S/C22H19N7O3S.C8H10ClN/c1-3-19(31)28-6-7-29-18(11-28)25-16-8-13(9-23-21(16)29)15-4-5-17(32-2)20(26-15)27-22-24-10-14(12-30)33-22;1-6-4-3-5-7(9)8(6)10-2/h3-5,8-10,12H,1,6-7,11H2,2H3,(H,24,26,27);3-5,10H,1-2H3. The Bertz CT molecular complexity index is 1800. The Morgan fingerprint density at radius 3 is 2.67 bits per heavy atom. The van der Waals surface area contributed by atoms with Crippen molar-refractivity contribution in [1.29, 1.82) is 0 Å². The van der Waals surface area contributed by atoms with Gasteiger partial charge in [-0.05, 0) is 42.8 Å². The highest BCUT2D eigenvalue weighted by molar-refractivity contribution is 7.17. The number of imidazole rings is 1. The van der Waals surface area contributed by atoms with Crippen LogP contribution in [0.2, 0.25) is 5.02 Å². The molecule has 0 saturated carbocycles. The summed E-state index contributed by atoms with van der Waals surface area (Å²) in [6.45, 7) is 7.22. The Labute approximate surface area is 257 Å². The van der Waals surface area contributed by atoms with Crippen molar-refractivity contribution in [3.63, 3.8) is 0 Å². The number of amides is 1. The summed E-state index contributed by atoms with van der Waals surface area (Å²) in [5, 5.41) is 7.46. The van der Waals surface area contributed by atoms with E-state index in [2.05, 4.69) is 32.2 Å². The van der Waals surface area contributed by atoms with Crippen LogP contribution in [0.4, 0.5) is 16.6 Å². The maximum Gasteiger partial charge on any atom is 0.246 e. The second kappa shape index (κ2) is 13.0. The molecule has 0 fully saturated rings. The summed E-state index contributed by atoms with van der Waals surface area (Å²) in [4.78, 5) is 43.3. The number of hydrogen-bond acceptors (Lipinski definition) is 10. The van der Waals surface area contributed by atoms with Crippen LogP contribution in [0.15, 0.2) is 61.4 Å². The van der Waals surface area contributed by atoms with E-state index in [1.165, 1.54) is 29.2 Å². The number of carbonyl (C=O) groups excluding carboxylic acids is 2. The molecule has 1 aromatic carbocycles. The predicted octanol–water partition coefficient (Wildman–Crippen LogP) is 5.73. The van der Waals surface area contributed by atoms with Gasteiger partial charge in [0.25, 0.3) is 0 Å². The fourth-order valence-electron chi connectivity index (χ4n) is 4.65. The smallest absolute Gasteiger partial charge is 0.246 e. The van der Waals surface area contributed by atoms with E-state index in [9.17, 15) is 9.59 Å². The first kappa shape index (κ1) is 29.7. The first-order valence-electron chi connectivity index (χ1n) is 13.3. The SMILES string of the molecule is C=CC(=O)N1CCn2c(nc3cc(-c4ccc(OC)c(Nc5ncc(C=O)s5)n4)cnc32)C1.CNc1c(C)cccc1Cl. The van der Waals surface area contributed by atoms with Gasteiger partial charge in [-0.2, -0.15) is 0 Å². The number of aldehydes is 1. The third-order valence-corrected chi connectivity index (χ3v) is 7.94. The first-order valence-corrected chi connectivity index (χ1v) is 14.5. The number of aromatic nitrogens is 5. The van der Waals surface area contributed by atoms with Gasteiger partial charge < -0.3 is 24.8 Å². The first-order chi connectivity index (χ1) is 20.8. The zero-order chi connectivity index (χ0) is 30.5. The second-order valence-electron chi connectivity index (χ2n) is 9.45. The Balaban J connectivity index is 0.000000314. The largest absolute Gasteiger partial charge is 0.493 e. The molecule has 2 N–H and O–H groups in total. The summed E-state index contributed by atoms with van der Waals surface area (Å²) in [6, 6.07) is 11.4. The summed E-state index contributed by atoms with van der Waals surface area (Å²) in [5.41, 5.74) is 5.16. The zero-order valence-corrected chi connectivity index (χ0v) is 25.4. The van der Waals surface area contributed by atoms with Crippen LogP contribution in [-0.2, 0) is 17.9 Å². The summed E-state index contributed by atoms with van der Waals surface area (Å²) in [6.07, 6.45) is 5.33. The van der Waals surface area contributed by atoms with Gasteiger partial charge >= 0.3 is 0 Å². The molecule has 4 aromatic heterocycles. The third-order valence-electron chi connectivity index (χ3n) is 6.79. The number of hydrogen-bond donors (Lipinski definition) is 2. The van der Waals surface area contributed by atoms with Crippen LogP contribution < -0.4 is 15.4 Å². The maximum absolute atomic E-state index is 12.0. The van der Waals surface area contributed by atoms with Crippen LogP contribution in [-0.4, -0.2) is 62.3 Å². The molecule has 0 unspecified atom stereocenters. The molecule has 11 nitrogen and oxygen atoms in total. The highest BCUT2D eigenvalue weighted by Crippen LogP contribution is 2.32. The lowest BCUT2D eigenvalue weighted by Crippen LogP contribution is -2.37. The van der Waals surface area contributed by atoms with Gasteiger partial charge in [0.1, 0.15) is 11.3 Å². The Morgan fingerprint density at radius 2 is 2.00 bits per heavy atom. The third kappa shape index (κ3) is 6.35. The molecule has 0 saturated heterocycles. The van der Waals surface area contributed by atoms with Crippen LogP contribution in [0.25, 0.3) is 22.4 Å². The van der Waals surface area contributed by atoms with E-state index in [-0.39, 0.29) is 5.91 Å². The van der Waals surface area contributed by atoms with Crippen LogP contribution in [0.3, 0.4) is 0 Å². The molecule has 0 radical (unpaired) electrons. The van der Waals surface area contributed by atoms with Crippen molar-refractivity contribution in [2.45, 2.75) is 20.0 Å². The molecule has 5 aromatic rings. The van der Waals surface area contributed by atoms with Gasteiger partial charge in [0.05, 0.1) is 41.1 Å². The van der Waals surface area contributed by atoms with Crippen molar-refractivity contribution in [2.24, 2.45) is 0 Å². The molecule has 220 valence electrons. The minimum absolute atomic E-state index is 0.107. The van der Waals surface area contributed by atoms with Crippen LogP contribution in [0.5, 0.6) is 5.75 Å². The highest BCUT2D eigenvalue weighted by atomic mass is 35.5. The number of methoxy groups -OCH3 is 1. The normalized spacial score (nSPS) is 12.1. The fourth-order valence-corrected chi connectivity index (χ4v) is 5.60. The molecule has 6 rings (SSSR count). The van der Waals surface area contributed by atoms with E-state index in [1.54, 1.807) is 24.3 Å². The van der Waals surface area contributed by atoms with Gasteiger partial charge in [-0.25, -0.2) is 19.9 Å². The van der Waals surface area contributed by atoms with Crippen molar-refractivity contribution in [1.82, 2.24) is 29.4 Å². The van der Waals surface area contributed by atoms with Gasteiger partial charge in [-0.15, -0.1) is 0 Å². The summed E-state index contributed by atoms with van der Waals surface area (Å²) < 4.78 is 7.45. The van der Waals surface area contributed by atoms with Crippen molar-refractivity contribution in [2.75, 3.05) is 31.3 Å². The van der Waals surface area contributed by atoms with E-state index < -0.39 is 0 Å². The Hall–Kier alpha value is -4.81. The Kier molecular flexibility index (Phi) is 8.98. The van der Waals surface area contributed by atoms with Crippen LogP contribution in [0, 0.1) is 6.92 Å². The lowest BCUT2D eigenvalue weighted by atomic mass is 10.2. The number of anilines is 3. The molecule has 0 bridgehead atoms. The van der Waals surface area contributed by atoms with Crippen LogP contribution in [0.1, 0.15) is 21.1 Å². The molecular weight excluding hydrogens is 588 g/mol. The molecule has 13 heteroatoms. The van der Waals surface area contributed by atoms with Gasteiger partial charge in [0, 0.05) is 31.9 Å². The van der Waals surface area contributed by atoms with Crippen molar-refractivity contribution in [3.05, 3.63) is 82.7 Å². The Morgan fingerprint density at radius 1 is 1.16 bits per heavy atom. The lowest BCUT2D eigenvalue weighted by molar-refractivity contribution is -0.127. The number of para-hydroxylation sites is 1. The summed E-state index contributed by atoms with van der Waals surface area (Å²) in [7, 11) is 3.43. The number of nitrogens with zero attached hydrogens (tertiary/aromatic N) is 6. The molecule has 43 heavy (non-hydrogen) atoms. The quantitative estimate of drug-likeness (QED) is 0.174. The van der Waals surface area contributed by atoms with Gasteiger partial charge in [-0.3, -0.25) is 9.59 Å².